The van der Waals surface area contributed by atoms with Crippen LogP contribution in [-0.4, -0.2) is 5.91 Å². The Hall–Kier alpha value is -4.51. The minimum atomic E-state index is -5.12. The Morgan fingerprint density at radius 1 is 0.682 bits per heavy atom. The number of rotatable bonds is 7. The molecule has 226 valence electrons. The quantitative estimate of drug-likeness (QED) is 0.178. The van der Waals surface area contributed by atoms with Crippen molar-refractivity contribution in [3.05, 3.63) is 153 Å². The standard InChI is InChI=1S/C33H21F8NOS/c34-27-16-25(15-26(17-27)32(36,37)38)31(18-20-4-2-1-3-5-20,24-9-6-21(7-10-24)23-12-13-44-19-23)42-30(43)22-8-11-29(35)28(14-22)33(39,40)41/h1-17,19H,18H2,(H,42,43). The van der Waals surface area contributed by atoms with Crippen LogP contribution in [0.15, 0.2) is 108 Å². The maximum absolute atomic E-state index is 14.9. The SMILES string of the molecule is O=C(NC(Cc1ccccc1)(c1ccc(-c2ccsc2)cc1)c1cc(F)cc(C(F)(F)F)c1)c1ccc(F)c(C(F)(F)F)c1. The summed E-state index contributed by atoms with van der Waals surface area (Å²) < 4.78 is 111. The van der Waals surface area contributed by atoms with Crippen molar-refractivity contribution in [1.82, 2.24) is 5.32 Å². The van der Waals surface area contributed by atoms with E-state index in [9.17, 15) is 39.9 Å². The van der Waals surface area contributed by atoms with E-state index in [0.717, 1.165) is 23.3 Å². The number of hydrogen-bond donors (Lipinski definition) is 1. The third kappa shape index (κ3) is 6.52. The molecule has 0 fully saturated rings. The molecule has 1 unspecified atom stereocenters. The van der Waals surface area contributed by atoms with Gasteiger partial charge in [0.25, 0.3) is 5.91 Å². The molecule has 1 N–H and O–H groups in total. The predicted octanol–water partition coefficient (Wildman–Crippen LogP) is 9.65. The van der Waals surface area contributed by atoms with Crippen LogP contribution in [0.4, 0.5) is 35.1 Å². The van der Waals surface area contributed by atoms with Gasteiger partial charge < -0.3 is 5.32 Å². The van der Waals surface area contributed by atoms with Crippen molar-refractivity contribution in [3.63, 3.8) is 0 Å². The van der Waals surface area contributed by atoms with Crippen molar-refractivity contribution in [2.24, 2.45) is 0 Å². The van der Waals surface area contributed by atoms with E-state index in [1.807, 2.05) is 16.8 Å². The molecule has 2 nitrogen and oxygen atoms in total. The number of carbonyl (C=O) groups is 1. The first-order chi connectivity index (χ1) is 20.8. The van der Waals surface area contributed by atoms with Gasteiger partial charge in [-0.25, -0.2) is 8.78 Å². The summed E-state index contributed by atoms with van der Waals surface area (Å²) in [4.78, 5) is 13.7. The fraction of sp³-hybridized carbons (Fsp3) is 0.121. The van der Waals surface area contributed by atoms with Gasteiger partial charge in [-0.05, 0) is 81.0 Å². The summed E-state index contributed by atoms with van der Waals surface area (Å²) in [6, 6.07) is 20.1. The lowest BCUT2D eigenvalue weighted by molar-refractivity contribution is -0.140. The molecule has 11 heteroatoms. The molecule has 0 radical (unpaired) electrons. The molecule has 0 saturated carbocycles. The monoisotopic (exact) mass is 631 g/mol. The van der Waals surface area contributed by atoms with Crippen LogP contribution in [0.1, 0.15) is 38.2 Å². The second-order valence-corrected chi connectivity index (χ2v) is 10.8. The number of thiophene rings is 1. The summed E-state index contributed by atoms with van der Waals surface area (Å²) in [5, 5.41) is 6.36. The summed E-state index contributed by atoms with van der Waals surface area (Å²) in [5.74, 6) is -3.99. The summed E-state index contributed by atoms with van der Waals surface area (Å²) in [7, 11) is 0. The molecular weight excluding hydrogens is 610 g/mol. The first-order valence-corrected chi connectivity index (χ1v) is 14.0. The Bertz CT molecular complexity index is 1770. The lowest BCUT2D eigenvalue weighted by atomic mass is 9.76. The van der Waals surface area contributed by atoms with E-state index in [4.69, 9.17) is 0 Å². The molecule has 0 spiro atoms. The molecule has 1 atom stereocenters. The summed E-state index contributed by atoms with van der Waals surface area (Å²) >= 11 is 1.45. The van der Waals surface area contributed by atoms with E-state index >= 15 is 0 Å². The average molecular weight is 632 g/mol. The van der Waals surface area contributed by atoms with Crippen molar-refractivity contribution in [2.75, 3.05) is 0 Å². The van der Waals surface area contributed by atoms with Crippen LogP contribution in [0.2, 0.25) is 0 Å². The second-order valence-electron chi connectivity index (χ2n) is 10.0. The number of benzene rings is 4. The molecule has 0 aliphatic rings. The molecular formula is C33H21F8NOS. The van der Waals surface area contributed by atoms with Gasteiger partial charge in [0.2, 0.25) is 0 Å². The van der Waals surface area contributed by atoms with Gasteiger partial charge >= 0.3 is 12.4 Å². The van der Waals surface area contributed by atoms with Crippen LogP contribution in [0.25, 0.3) is 11.1 Å². The summed E-state index contributed by atoms with van der Waals surface area (Å²) in [6.07, 6.45) is -10.3. The highest BCUT2D eigenvalue weighted by atomic mass is 32.1. The van der Waals surface area contributed by atoms with Crippen molar-refractivity contribution < 1.29 is 39.9 Å². The topological polar surface area (TPSA) is 29.1 Å². The van der Waals surface area contributed by atoms with E-state index in [-0.39, 0.29) is 17.5 Å². The van der Waals surface area contributed by atoms with Gasteiger partial charge in [0.15, 0.2) is 0 Å². The maximum Gasteiger partial charge on any atom is 0.419 e. The molecule has 5 rings (SSSR count). The number of alkyl halides is 6. The minimum absolute atomic E-state index is 0.217. The van der Waals surface area contributed by atoms with Crippen molar-refractivity contribution in [1.29, 1.82) is 0 Å². The van der Waals surface area contributed by atoms with Crippen molar-refractivity contribution in [3.8, 4) is 11.1 Å². The molecule has 1 heterocycles. The molecule has 0 bridgehead atoms. The average Bonchev–Trinajstić information content (AvgIpc) is 3.51. The molecule has 5 aromatic rings. The largest absolute Gasteiger partial charge is 0.419 e. The molecule has 1 aromatic heterocycles. The Morgan fingerprint density at radius 3 is 1.98 bits per heavy atom. The van der Waals surface area contributed by atoms with Crippen LogP contribution < -0.4 is 5.32 Å². The Morgan fingerprint density at radius 2 is 1.36 bits per heavy atom. The third-order valence-corrected chi connectivity index (χ3v) is 7.81. The first-order valence-electron chi connectivity index (χ1n) is 13.0. The highest BCUT2D eigenvalue weighted by molar-refractivity contribution is 7.08. The molecule has 0 aliphatic carbocycles. The second kappa shape index (κ2) is 11.9. The fourth-order valence-corrected chi connectivity index (χ4v) is 5.65. The molecule has 0 aliphatic heterocycles. The summed E-state index contributed by atoms with van der Waals surface area (Å²) in [5.41, 5.74) is -3.50. The number of carbonyl (C=O) groups excluding carboxylic acids is 1. The molecule has 0 saturated heterocycles. The Balaban J connectivity index is 1.74. The van der Waals surface area contributed by atoms with Gasteiger partial charge in [-0.2, -0.15) is 37.7 Å². The zero-order valence-electron chi connectivity index (χ0n) is 22.4. The van der Waals surface area contributed by atoms with Crippen LogP contribution in [-0.2, 0) is 24.3 Å². The van der Waals surface area contributed by atoms with Crippen molar-refractivity contribution in [2.45, 2.75) is 24.3 Å². The highest BCUT2D eigenvalue weighted by Crippen LogP contribution is 2.40. The van der Waals surface area contributed by atoms with E-state index in [1.165, 1.54) is 11.3 Å². The minimum Gasteiger partial charge on any atom is -0.338 e. The predicted molar refractivity (Wildman–Crippen MR) is 151 cm³/mol. The van der Waals surface area contributed by atoms with Crippen LogP contribution in [0.5, 0.6) is 0 Å². The van der Waals surface area contributed by atoms with E-state index in [2.05, 4.69) is 5.32 Å². The third-order valence-electron chi connectivity index (χ3n) is 7.12. The Labute approximate surface area is 250 Å². The molecule has 4 aromatic carbocycles. The van der Waals surface area contributed by atoms with Gasteiger partial charge in [0, 0.05) is 12.0 Å². The number of halogens is 8. The first kappa shape index (κ1) is 30.9. The van der Waals surface area contributed by atoms with Crippen LogP contribution in [0.3, 0.4) is 0 Å². The number of hydrogen-bond acceptors (Lipinski definition) is 2. The van der Waals surface area contributed by atoms with Gasteiger partial charge in [-0.3, -0.25) is 4.79 Å². The van der Waals surface area contributed by atoms with Gasteiger partial charge in [0.05, 0.1) is 16.7 Å². The fourth-order valence-electron chi connectivity index (χ4n) is 4.99. The normalized spacial score (nSPS) is 13.4. The highest BCUT2D eigenvalue weighted by Gasteiger charge is 2.41. The number of nitrogens with one attached hydrogen (secondary N) is 1. The Kier molecular flexibility index (Phi) is 8.35. The zero-order valence-corrected chi connectivity index (χ0v) is 23.3. The van der Waals surface area contributed by atoms with Gasteiger partial charge in [-0.15, -0.1) is 0 Å². The van der Waals surface area contributed by atoms with E-state index < -0.39 is 52.1 Å². The maximum atomic E-state index is 14.9. The molecule has 1 amide bonds. The van der Waals surface area contributed by atoms with Crippen LogP contribution in [0, 0.1) is 11.6 Å². The van der Waals surface area contributed by atoms with Gasteiger partial charge in [0.1, 0.15) is 11.6 Å². The van der Waals surface area contributed by atoms with E-state index in [1.54, 1.807) is 54.6 Å². The lowest BCUT2D eigenvalue weighted by Gasteiger charge is -2.37. The van der Waals surface area contributed by atoms with Gasteiger partial charge in [-0.1, -0.05) is 54.6 Å². The molecule has 44 heavy (non-hydrogen) atoms. The van der Waals surface area contributed by atoms with Crippen molar-refractivity contribution >= 4 is 17.2 Å². The summed E-state index contributed by atoms with van der Waals surface area (Å²) in [6.45, 7) is 0. The number of amides is 1. The zero-order chi connectivity index (χ0) is 31.7. The van der Waals surface area contributed by atoms with Crippen LogP contribution >= 0.6 is 11.3 Å². The smallest absolute Gasteiger partial charge is 0.338 e. The van der Waals surface area contributed by atoms with E-state index in [0.29, 0.717) is 29.8 Å². The lowest BCUT2D eigenvalue weighted by Crippen LogP contribution is -2.49.